The number of benzene rings is 2. The van der Waals surface area contributed by atoms with E-state index in [0.717, 1.165) is 18.1 Å². The fraction of sp³-hybridized carbons (Fsp3) is 0.429. The van der Waals surface area contributed by atoms with Crippen molar-refractivity contribution in [2.45, 2.75) is 37.6 Å². The van der Waals surface area contributed by atoms with Crippen LogP contribution in [0.25, 0.3) is 11.1 Å². The zero-order valence-corrected chi connectivity index (χ0v) is 14.6. The van der Waals surface area contributed by atoms with Crippen molar-refractivity contribution in [3.05, 3.63) is 52.5 Å². The van der Waals surface area contributed by atoms with Gasteiger partial charge in [0.2, 0.25) is 0 Å². The molecule has 2 aromatic carbocycles. The monoisotopic (exact) mass is 338 g/mol. The Morgan fingerprint density at radius 2 is 2.04 bits per heavy atom. The summed E-state index contributed by atoms with van der Waals surface area (Å²) in [6, 6.07) is 13.9. The van der Waals surface area contributed by atoms with E-state index in [9.17, 15) is 0 Å². The van der Waals surface area contributed by atoms with Crippen molar-refractivity contribution in [1.82, 2.24) is 5.32 Å². The number of hydrogen-bond acceptors (Lipinski definition) is 2. The summed E-state index contributed by atoms with van der Waals surface area (Å²) >= 11 is 6.24. The number of piperidine rings is 1. The summed E-state index contributed by atoms with van der Waals surface area (Å²) in [6.07, 6.45) is 5.10. The molecule has 3 heterocycles. The van der Waals surface area contributed by atoms with Crippen LogP contribution in [0.1, 0.15) is 36.3 Å². The Morgan fingerprint density at radius 3 is 2.96 bits per heavy atom. The largest absolute Gasteiger partial charge is 0.367 e. The quantitative estimate of drug-likeness (QED) is 0.817. The highest BCUT2D eigenvalue weighted by molar-refractivity contribution is 6.30. The Labute approximate surface area is 148 Å². The number of fused-ring (bicyclic) bond motifs is 3. The third-order valence-corrected chi connectivity index (χ3v) is 6.24. The molecule has 124 valence electrons. The molecule has 1 fully saturated rings. The van der Waals surface area contributed by atoms with E-state index in [2.05, 4.69) is 40.5 Å². The highest BCUT2D eigenvalue weighted by Gasteiger charge is 2.41. The van der Waals surface area contributed by atoms with Crippen LogP contribution in [0.4, 0.5) is 5.69 Å². The number of nitrogens with zero attached hydrogens (tertiary/aromatic N) is 1. The second-order valence-electron chi connectivity index (χ2n) is 7.40. The third-order valence-electron chi connectivity index (χ3n) is 6.00. The normalized spacial score (nSPS) is 25.1. The predicted octanol–water partition coefficient (Wildman–Crippen LogP) is 4.61. The van der Waals surface area contributed by atoms with E-state index in [1.807, 2.05) is 6.07 Å². The van der Waals surface area contributed by atoms with Crippen molar-refractivity contribution in [2.75, 3.05) is 24.5 Å². The van der Waals surface area contributed by atoms with Gasteiger partial charge in [0.25, 0.3) is 0 Å². The maximum Gasteiger partial charge on any atom is 0.0438 e. The topological polar surface area (TPSA) is 15.3 Å². The zero-order valence-electron chi connectivity index (χ0n) is 13.9. The standard InChI is InChI=1S/C21H23ClN2/c22-17-6-3-5-14(11-17)16-10-15-4-1-2-9-24-20-7-8-23-13-19(20)18(12-16)21(15)24/h3,5-6,10-12,19-20,23H,1-2,4,7-9,13H2/t19-,20-/m1/s1. The minimum absolute atomic E-state index is 0.643. The van der Waals surface area contributed by atoms with Gasteiger partial charge in [-0.05, 0) is 78.7 Å². The smallest absolute Gasteiger partial charge is 0.0438 e. The van der Waals surface area contributed by atoms with Gasteiger partial charge in [0.15, 0.2) is 0 Å². The number of anilines is 1. The van der Waals surface area contributed by atoms with Crippen LogP contribution in [0, 0.1) is 0 Å². The molecular formula is C21H23ClN2. The van der Waals surface area contributed by atoms with Gasteiger partial charge in [-0.3, -0.25) is 0 Å². The minimum atomic E-state index is 0.643. The van der Waals surface area contributed by atoms with Crippen molar-refractivity contribution in [2.24, 2.45) is 0 Å². The van der Waals surface area contributed by atoms with E-state index in [-0.39, 0.29) is 0 Å². The molecule has 1 N–H and O–H groups in total. The summed E-state index contributed by atoms with van der Waals surface area (Å²) in [5, 5.41) is 4.44. The van der Waals surface area contributed by atoms with Gasteiger partial charge in [0.05, 0.1) is 0 Å². The van der Waals surface area contributed by atoms with Crippen molar-refractivity contribution in [1.29, 1.82) is 0 Å². The molecule has 0 radical (unpaired) electrons. The van der Waals surface area contributed by atoms with Crippen LogP contribution in [-0.4, -0.2) is 25.7 Å². The Hall–Kier alpha value is -1.51. The van der Waals surface area contributed by atoms with Crippen LogP contribution in [0.3, 0.4) is 0 Å². The second-order valence-corrected chi connectivity index (χ2v) is 7.84. The lowest BCUT2D eigenvalue weighted by Gasteiger charge is -2.33. The SMILES string of the molecule is Clc1cccc(-c2cc3c4c(c2)[C@H]2CNCC[C@H]2N4CCCC3)c1. The summed E-state index contributed by atoms with van der Waals surface area (Å²) < 4.78 is 0. The van der Waals surface area contributed by atoms with Crippen LogP contribution >= 0.6 is 11.6 Å². The van der Waals surface area contributed by atoms with E-state index in [1.54, 1.807) is 16.8 Å². The Morgan fingerprint density at radius 1 is 1.08 bits per heavy atom. The lowest BCUT2D eigenvalue weighted by atomic mass is 9.87. The van der Waals surface area contributed by atoms with Crippen LogP contribution in [0.5, 0.6) is 0 Å². The molecule has 0 bridgehead atoms. The Balaban J connectivity index is 1.68. The van der Waals surface area contributed by atoms with E-state index in [4.69, 9.17) is 11.6 Å². The fourth-order valence-corrected chi connectivity index (χ4v) is 5.14. The lowest BCUT2D eigenvalue weighted by Crippen LogP contribution is -2.44. The van der Waals surface area contributed by atoms with Gasteiger partial charge in [-0.25, -0.2) is 0 Å². The molecule has 0 saturated carbocycles. The maximum absolute atomic E-state index is 6.24. The molecule has 5 rings (SSSR count). The summed E-state index contributed by atoms with van der Waals surface area (Å²) in [7, 11) is 0. The first-order valence-corrected chi connectivity index (χ1v) is 9.59. The maximum atomic E-state index is 6.24. The minimum Gasteiger partial charge on any atom is -0.367 e. The number of nitrogens with one attached hydrogen (secondary N) is 1. The van der Waals surface area contributed by atoms with E-state index < -0.39 is 0 Å². The molecule has 2 aromatic rings. The van der Waals surface area contributed by atoms with Crippen LogP contribution in [-0.2, 0) is 6.42 Å². The van der Waals surface area contributed by atoms with Gasteiger partial charge in [-0.1, -0.05) is 23.7 Å². The molecule has 3 aliphatic rings. The summed E-state index contributed by atoms with van der Waals surface area (Å²) in [6.45, 7) is 3.51. The molecular weight excluding hydrogens is 316 g/mol. The first-order valence-electron chi connectivity index (χ1n) is 9.21. The molecule has 0 spiro atoms. The molecule has 0 aromatic heterocycles. The molecule has 0 aliphatic carbocycles. The first kappa shape index (κ1) is 14.8. The number of aryl methyl sites for hydroxylation is 1. The summed E-state index contributed by atoms with van der Waals surface area (Å²) in [4.78, 5) is 2.74. The summed E-state index contributed by atoms with van der Waals surface area (Å²) in [5.74, 6) is 0.643. The molecule has 0 unspecified atom stereocenters. The second kappa shape index (κ2) is 5.79. The molecule has 2 nitrogen and oxygen atoms in total. The van der Waals surface area contributed by atoms with Crippen LogP contribution in [0.2, 0.25) is 5.02 Å². The lowest BCUT2D eigenvalue weighted by molar-refractivity contribution is 0.401. The number of hydrogen-bond donors (Lipinski definition) is 1. The first-order chi connectivity index (χ1) is 11.8. The Bertz CT molecular complexity index is 785. The van der Waals surface area contributed by atoms with Crippen molar-refractivity contribution in [3.63, 3.8) is 0 Å². The van der Waals surface area contributed by atoms with Gasteiger partial charge >= 0.3 is 0 Å². The third kappa shape index (κ3) is 2.28. The van der Waals surface area contributed by atoms with Gasteiger partial charge in [-0.15, -0.1) is 0 Å². The fourth-order valence-electron chi connectivity index (χ4n) is 4.95. The van der Waals surface area contributed by atoms with Gasteiger partial charge in [0.1, 0.15) is 0 Å². The number of rotatable bonds is 1. The predicted molar refractivity (Wildman–Crippen MR) is 101 cm³/mol. The molecule has 3 aliphatic heterocycles. The molecule has 24 heavy (non-hydrogen) atoms. The van der Waals surface area contributed by atoms with Crippen molar-refractivity contribution < 1.29 is 0 Å². The highest BCUT2D eigenvalue weighted by atomic mass is 35.5. The summed E-state index contributed by atoms with van der Waals surface area (Å²) in [5.41, 5.74) is 7.26. The van der Waals surface area contributed by atoms with Gasteiger partial charge < -0.3 is 10.2 Å². The van der Waals surface area contributed by atoms with Crippen molar-refractivity contribution >= 4 is 17.3 Å². The van der Waals surface area contributed by atoms with E-state index in [0.29, 0.717) is 12.0 Å². The number of halogens is 1. The molecule has 3 heteroatoms. The van der Waals surface area contributed by atoms with Crippen LogP contribution in [0.15, 0.2) is 36.4 Å². The van der Waals surface area contributed by atoms with Crippen LogP contribution < -0.4 is 10.2 Å². The molecule has 0 amide bonds. The Kier molecular flexibility index (Phi) is 3.57. The average Bonchev–Trinajstić information content (AvgIpc) is 2.77. The van der Waals surface area contributed by atoms with Crippen molar-refractivity contribution in [3.8, 4) is 11.1 Å². The molecule has 1 saturated heterocycles. The van der Waals surface area contributed by atoms with Gasteiger partial charge in [-0.2, -0.15) is 0 Å². The zero-order chi connectivity index (χ0) is 16.1. The highest BCUT2D eigenvalue weighted by Crippen LogP contribution is 2.48. The van der Waals surface area contributed by atoms with E-state index >= 15 is 0 Å². The molecule has 2 atom stereocenters. The van der Waals surface area contributed by atoms with Gasteiger partial charge in [0, 0.05) is 35.8 Å². The average molecular weight is 339 g/mol. The van der Waals surface area contributed by atoms with E-state index in [1.165, 1.54) is 43.4 Å².